The summed E-state index contributed by atoms with van der Waals surface area (Å²) >= 11 is 0. The Bertz CT molecular complexity index is 1280. The fraction of sp³-hybridized carbons (Fsp3) is 0.238. The molecule has 2 heterocycles. The van der Waals surface area contributed by atoms with Crippen LogP contribution in [0.2, 0.25) is 0 Å². The van der Waals surface area contributed by atoms with Gasteiger partial charge in [-0.2, -0.15) is 4.98 Å². The second kappa shape index (κ2) is 6.44. The molecule has 0 radical (unpaired) electrons. The number of nitrogen functional groups attached to an aromatic ring is 1. The van der Waals surface area contributed by atoms with Crippen molar-refractivity contribution in [2.24, 2.45) is 23.7 Å². The van der Waals surface area contributed by atoms with Gasteiger partial charge >= 0.3 is 0 Å². The van der Waals surface area contributed by atoms with Gasteiger partial charge in [0.2, 0.25) is 5.95 Å². The molecule has 2 aromatic heterocycles. The van der Waals surface area contributed by atoms with Gasteiger partial charge in [-0.3, -0.25) is 0 Å². The van der Waals surface area contributed by atoms with Crippen molar-refractivity contribution in [1.82, 2.24) is 19.5 Å². The van der Waals surface area contributed by atoms with Crippen molar-refractivity contribution in [3.8, 4) is 5.75 Å². The van der Waals surface area contributed by atoms with Gasteiger partial charge in [0.1, 0.15) is 22.9 Å². The van der Waals surface area contributed by atoms with Gasteiger partial charge in [-0.15, -0.1) is 0 Å². The third-order valence-electron chi connectivity index (χ3n) is 5.47. The lowest BCUT2D eigenvalue weighted by Crippen LogP contribution is -2.15. The Balaban J connectivity index is 1.50. The van der Waals surface area contributed by atoms with Crippen molar-refractivity contribution >= 4 is 39.5 Å². The minimum Gasteiger partial charge on any atom is -0.494 e. The van der Waals surface area contributed by atoms with Crippen LogP contribution in [0.15, 0.2) is 47.5 Å². The number of aromatic nitrogens is 4. The maximum atomic E-state index is 6.38. The van der Waals surface area contributed by atoms with E-state index in [2.05, 4.69) is 25.6 Å². The smallest absolute Gasteiger partial charge is 0.222 e. The SMILES string of the molecule is COc1cccc2c(N=C(N)C3CC3c3nc4ccccc4n3C)nc(N)nc12. The lowest BCUT2D eigenvalue weighted by molar-refractivity contribution is 0.419. The van der Waals surface area contributed by atoms with Gasteiger partial charge in [0, 0.05) is 24.3 Å². The van der Waals surface area contributed by atoms with E-state index in [4.69, 9.17) is 21.2 Å². The van der Waals surface area contributed by atoms with Crippen LogP contribution >= 0.6 is 0 Å². The van der Waals surface area contributed by atoms with E-state index >= 15 is 0 Å². The Labute approximate surface area is 167 Å². The first-order chi connectivity index (χ1) is 14.1. The number of hydrogen-bond donors (Lipinski definition) is 2. The average molecular weight is 387 g/mol. The van der Waals surface area contributed by atoms with E-state index in [-0.39, 0.29) is 17.8 Å². The molecule has 0 aliphatic heterocycles. The molecule has 0 bridgehead atoms. The molecule has 0 saturated heterocycles. The molecule has 1 aliphatic carbocycles. The third-order valence-corrected chi connectivity index (χ3v) is 5.47. The Hall–Kier alpha value is -3.68. The van der Waals surface area contributed by atoms with E-state index in [1.165, 1.54) is 0 Å². The number of imidazole rings is 1. The van der Waals surface area contributed by atoms with Crippen molar-refractivity contribution in [2.45, 2.75) is 12.3 Å². The number of hydrogen-bond acceptors (Lipinski definition) is 6. The van der Waals surface area contributed by atoms with Gasteiger partial charge in [0.05, 0.1) is 18.1 Å². The third kappa shape index (κ3) is 2.84. The zero-order valence-electron chi connectivity index (χ0n) is 16.2. The molecular formula is C21H21N7O. The molecule has 1 aliphatic rings. The Morgan fingerprint density at radius 3 is 2.76 bits per heavy atom. The van der Waals surface area contributed by atoms with Crippen molar-refractivity contribution in [3.63, 3.8) is 0 Å². The number of amidine groups is 1. The molecule has 1 fully saturated rings. The maximum Gasteiger partial charge on any atom is 0.222 e. The summed E-state index contributed by atoms with van der Waals surface area (Å²) in [7, 11) is 3.63. The van der Waals surface area contributed by atoms with Gasteiger partial charge in [0.25, 0.3) is 0 Å². The number of methoxy groups -OCH3 is 1. The Morgan fingerprint density at radius 2 is 1.97 bits per heavy atom. The topological polar surface area (TPSA) is 117 Å². The number of fused-ring (bicyclic) bond motifs is 2. The van der Waals surface area contributed by atoms with E-state index in [1.807, 2.05) is 43.4 Å². The highest BCUT2D eigenvalue weighted by atomic mass is 16.5. The van der Waals surface area contributed by atoms with Gasteiger partial charge in [0.15, 0.2) is 5.82 Å². The Morgan fingerprint density at radius 1 is 1.14 bits per heavy atom. The molecule has 2 unspecified atom stereocenters. The van der Waals surface area contributed by atoms with Gasteiger partial charge in [-0.25, -0.2) is 15.0 Å². The zero-order valence-corrected chi connectivity index (χ0v) is 16.2. The number of anilines is 1. The highest BCUT2D eigenvalue weighted by Crippen LogP contribution is 2.48. The summed E-state index contributed by atoms with van der Waals surface area (Å²) in [5, 5.41) is 0.751. The lowest BCUT2D eigenvalue weighted by atomic mass is 10.2. The van der Waals surface area contributed by atoms with E-state index in [9.17, 15) is 0 Å². The zero-order chi connectivity index (χ0) is 20.1. The van der Waals surface area contributed by atoms with Gasteiger partial charge < -0.3 is 20.8 Å². The summed E-state index contributed by atoms with van der Waals surface area (Å²) in [6.45, 7) is 0. The van der Waals surface area contributed by atoms with E-state index in [0.29, 0.717) is 22.9 Å². The summed E-state index contributed by atoms with van der Waals surface area (Å²) in [5.41, 5.74) is 15.0. The Kier molecular flexibility index (Phi) is 3.87. The van der Waals surface area contributed by atoms with E-state index in [0.717, 1.165) is 28.7 Å². The first kappa shape index (κ1) is 17.4. The molecule has 4 aromatic rings. The fourth-order valence-electron chi connectivity index (χ4n) is 3.88. The van der Waals surface area contributed by atoms with Crippen LogP contribution < -0.4 is 16.2 Å². The number of aliphatic imine (C=N–C) groups is 1. The van der Waals surface area contributed by atoms with Crippen LogP contribution in [0.5, 0.6) is 5.75 Å². The molecular weight excluding hydrogens is 366 g/mol. The van der Waals surface area contributed by atoms with Crippen LogP contribution in [-0.4, -0.2) is 32.5 Å². The fourth-order valence-corrected chi connectivity index (χ4v) is 3.88. The summed E-state index contributed by atoms with van der Waals surface area (Å²) in [6.07, 6.45) is 0.911. The molecule has 0 amide bonds. The van der Waals surface area contributed by atoms with Crippen molar-refractivity contribution in [1.29, 1.82) is 0 Å². The normalized spacial score (nSPS) is 19.0. The molecule has 29 heavy (non-hydrogen) atoms. The number of nitrogens with two attached hydrogens (primary N) is 2. The van der Waals surface area contributed by atoms with Crippen molar-refractivity contribution in [2.75, 3.05) is 12.8 Å². The standard InChI is InChI=1S/C21H21N7O/c1-28-15-8-4-3-7-14(15)24-20(28)13-10-12(13)18(22)26-19-11-6-5-9-16(29-2)17(11)25-21(23)27-19/h3-9,12-13H,10H2,1-2H3,(H4,22,23,25,26,27). The predicted octanol–water partition coefficient (Wildman–Crippen LogP) is 2.90. The van der Waals surface area contributed by atoms with Crippen LogP contribution in [0.25, 0.3) is 21.9 Å². The summed E-state index contributed by atoms with van der Waals surface area (Å²) < 4.78 is 7.52. The second-order valence-corrected chi connectivity index (χ2v) is 7.26. The largest absolute Gasteiger partial charge is 0.494 e. The quantitative estimate of drug-likeness (QED) is 0.411. The summed E-state index contributed by atoms with van der Waals surface area (Å²) in [5.74, 6) is 3.15. The van der Waals surface area contributed by atoms with Gasteiger partial charge in [-0.1, -0.05) is 18.2 Å². The molecule has 4 N–H and O–H groups in total. The average Bonchev–Trinajstić information content (AvgIpc) is 3.45. The van der Waals surface area contributed by atoms with Crippen LogP contribution in [0.3, 0.4) is 0 Å². The highest BCUT2D eigenvalue weighted by Gasteiger charge is 2.44. The van der Waals surface area contributed by atoms with E-state index < -0.39 is 0 Å². The molecule has 8 nitrogen and oxygen atoms in total. The number of benzene rings is 2. The molecule has 2 atom stereocenters. The minimum absolute atomic E-state index is 0.127. The lowest BCUT2D eigenvalue weighted by Gasteiger charge is -2.08. The first-order valence-electron chi connectivity index (χ1n) is 9.42. The summed E-state index contributed by atoms with van der Waals surface area (Å²) in [6, 6.07) is 13.7. The highest BCUT2D eigenvalue weighted by molar-refractivity contribution is 5.97. The molecule has 5 rings (SSSR count). The van der Waals surface area contributed by atoms with Crippen molar-refractivity contribution in [3.05, 3.63) is 48.3 Å². The minimum atomic E-state index is 0.127. The number of rotatable bonds is 4. The van der Waals surface area contributed by atoms with Crippen molar-refractivity contribution < 1.29 is 4.74 Å². The molecule has 8 heteroatoms. The number of para-hydroxylation sites is 3. The monoisotopic (exact) mass is 387 g/mol. The van der Waals surface area contributed by atoms with Crippen LogP contribution in [0.4, 0.5) is 11.8 Å². The first-order valence-corrected chi connectivity index (χ1v) is 9.42. The predicted molar refractivity (Wildman–Crippen MR) is 113 cm³/mol. The van der Waals surface area contributed by atoms with Crippen LogP contribution in [-0.2, 0) is 7.05 Å². The molecule has 0 spiro atoms. The van der Waals surface area contributed by atoms with E-state index in [1.54, 1.807) is 7.11 Å². The molecule has 2 aromatic carbocycles. The number of aryl methyl sites for hydroxylation is 1. The molecule has 146 valence electrons. The summed E-state index contributed by atoms with van der Waals surface area (Å²) in [4.78, 5) is 18.0. The van der Waals surface area contributed by atoms with Crippen LogP contribution in [0, 0.1) is 5.92 Å². The maximum absolute atomic E-state index is 6.38. The molecule has 1 saturated carbocycles. The van der Waals surface area contributed by atoms with Crippen LogP contribution in [0.1, 0.15) is 18.2 Å². The number of nitrogens with zero attached hydrogens (tertiary/aromatic N) is 5. The van der Waals surface area contributed by atoms with Gasteiger partial charge in [-0.05, 0) is 30.7 Å². The number of ether oxygens (including phenoxy) is 1. The second-order valence-electron chi connectivity index (χ2n) is 7.26.